The van der Waals surface area contributed by atoms with Gasteiger partial charge in [0.05, 0.1) is 34.4 Å². The zero-order valence-electron chi connectivity index (χ0n) is 34.3. The van der Waals surface area contributed by atoms with E-state index in [9.17, 15) is 9.46 Å². The standard InChI is InChI=1S/C44H80NO6P/c1-6-8-10-12-14-16-18-20-22-24-26-28-30-32-34-36-39-48-42-44(43-51-52(46,47)50-41-38-45(3,4)5)49-40-37-35-33-31-29-27-25-23-21-19-17-15-13-11-9-7-2/h8-11,14-17,20-23,44H,6-7,12-13,18-19,24-43H2,1-5H3/p+1/b10-8-,11-9-,16-14-,17-15-,22-20-,23-21-/t44-/m1/s1. The van der Waals surface area contributed by atoms with Gasteiger partial charge in [0, 0.05) is 13.2 Å². The summed E-state index contributed by atoms with van der Waals surface area (Å²) in [6.07, 6.45) is 49.3. The summed E-state index contributed by atoms with van der Waals surface area (Å²) in [5.41, 5.74) is 0. The fourth-order valence-corrected chi connectivity index (χ4v) is 5.89. The highest BCUT2D eigenvalue weighted by Crippen LogP contribution is 2.43. The van der Waals surface area contributed by atoms with E-state index in [4.69, 9.17) is 18.5 Å². The first-order valence-electron chi connectivity index (χ1n) is 20.7. The van der Waals surface area contributed by atoms with Crippen molar-refractivity contribution in [3.8, 4) is 0 Å². The zero-order chi connectivity index (χ0) is 38.3. The average Bonchev–Trinajstić information content (AvgIpc) is 3.10. The normalized spacial score (nSPS) is 14.8. The number of quaternary nitrogens is 1. The van der Waals surface area contributed by atoms with Crippen LogP contribution in [0.3, 0.4) is 0 Å². The van der Waals surface area contributed by atoms with Crippen LogP contribution in [0.1, 0.15) is 142 Å². The molecule has 8 heteroatoms. The van der Waals surface area contributed by atoms with E-state index in [1.165, 1.54) is 51.4 Å². The molecule has 52 heavy (non-hydrogen) atoms. The highest BCUT2D eigenvalue weighted by Gasteiger charge is 2.25. The van der Waals surface area contributed by atoms with Crippen molar-refractivity contribution in [3.05, 3.63) is 72.9 Å². The van der Waals surface area contributed by atoms with Crippen molar-refractivity contribution in [1.82, 2.24) is 0 Å². The predicted molar refractivity (Wildman–Crippen MR) is 224 cm³/mol. The van der Waals surface area contributed by atoms with Crippen molar-refractivity contribution >= 4 is 7.82 Å². The molecule has 0 aromatic rings. The molecule has 7 nitrogen and oxygen atoms in total. The van der Waals surface area contributed by atoms with E-state index < -0.39 is 13.9 Å². The van der Waals surface area contributed by atoms with E-state index in [2.05, 4.69) is 86.8 Å². The van der Waals surface area contributed by atoms with Gasteiger partial charge in [-0.3, -0.25) is 9.05 Å². The smallest absolute Gasteiger partial charge is 0.379 e. The van der Waals surface area contributed by atoms with E-state index in [1.54, 1.807) is 0 Å². The zero-order valence-corrected chi connectivity index (χ0v) is 35.2. The molecule has 0 amide bonds. The Balaban J connectivity index is 4.20. The summed E-state index contributed by atoms with van der Waals surface area (Å²) in [4.78, 5) is 10.2. The van der Waals surface area contributed by atoms with Crippen molar-refractivity contribution in [2.24, 2.45) is 0 Å². The first kappa shape index (κ1) is 50.4. The van der Waals surface area contributed by atoms with E-state index in [0.29, 0.717) is 30.8 Å². The van der Waals surface area contributed by atoms with Crippen LogP contribution >= 0.6 is 7.82 Å². The van der Waals surface area contributed by atoms with Crippen LogP contribution in [0.2, 0.25) is 0 Å². The van der Waals surface area contributed by atoms with Crippen LogP contribution < -0.4 is 0 Å². The van der Waals surface area contributed by atoms with E-state index in [-0.39, 0.29) is 13.2 Å². The number of ether oxygens (including phenoxy) is 2. The van der Waals surface area contributed by atoms with Crippen LogP contribution in [0, 0.1) is 0 Å². The van der Waals surface area contributed by atoms with Gasteiger partial charge in [0.2, 0.25) is 0 Å². The first-order chi connectivity index (χ1) is 25.2. The number of rotatable bonds is 38. The van der Waals surface area contributed by atoms with Crippen molar-refractivity contribution in [1.29, 1.82) is 0 Å². The maximum Gasteiger partial charge on any atom is 0.472 e. The number of allylic oxidation sites excluding steroid dienone is 12. The first-order valence-corrected chi connectivity index (χ1v) is 22.2. The Bertz CT molecular complexity index is 997. The van der Waals surface area contributed by atoms with Gasteiger partial charge in [-0.1, -0.05) is 138 Å². The molecule has 0 saturated carbocycles. The molecule has 0 aromatic carbocycles. The highest BCUT2D eigenvalue weighted by molar-refractivity contribution is 7.47. The molecule has 0 aromatic heterocycles. The number of unbranched alkanes of at least 4 members (excludes halogenated alkanes) is 12. The lowest BCUT2D eigenvalue weighted by molar-refractivity contribution is -0.870. The van der Waals surface area contributed by atoms with Crippen molar-refractivity contribution in [2.45, 2.75) is 148 Å². The van der Waals surface area contributed by atoms with E-state index in [0.717, 1.165) is 77.0 Å². The molecule has 0 aliphatic carbocycles. The fourth-order valence-electron chi connectivity index (χ4n) is 5.15. The number of nitrogens with zero attached hydrogens (tertiary/aromatic N) is 1. The van der Waals surface area contributed by atoms with Crippen LogP contribution in [0.4, 0.5) is 0 Å². The van der Waals surface area contributed by atoms with Crippen molar-refractivity contribution in [3.63, 3.8) is 0 Å². The summed E-state index contributed by atoms with van der Waals surface area (Å²) in [6.45, 7) is 6.63. The second-order valence-electron chi connectivity index (χ2n) is 14.6. The lowest BCUT2D eigenvalue weighted by Gasteiger charge is -2.24. The third-order valence-electron chi connectivity index (χ3n) is 8.33. The van der Waals surface area contributed by atoms with Crippen molar-refractivity contribution in [2.75, 3.05) is 60.7 Å². The predicted octanol–water partition coefficient (Wildman–Crippen LogP) is 12.4. The molecular formula is C44H81NO6P+. The van der Waals surface area contributed by atoms with Gasteiger partial charge in [0.15, 0.2) is 0 Å². The van der Waals surface area contributed by atoms with Gasteiger partial charge in [0.25, 0.3) is 0 Å². The second kappa shape index (κ2) is 37.7. The molecule has 2 atom stereocenters. The topological polar surface area (TPSA) is 74.2 Å². The van der Waals surface area contributed by atoms with Crippen LogP contribution in [0.5, 0.6) is 0 Å². The maximum absolute atomic E-state index is 12.5. The third kappa shape index (κ3) is 41.2. The maximum atomic E-state index is 12.5. The third-order valence-corrected chi connectivity index (χ3v) is 9.32. The molecule has 0 spiro atoms. The number of hydrogen-bond acceptors (Lipinski definition) is 5. The van der Waals surface area contributed by atoms with Gasteiger partial charge in [-0.25, -0.2) is 4.57 Å². The lowest BCUT2D eigenvalue weighted by Crippen LogP contribution is -2.37. The van der Waals surface area contributed by atoms with Crippen LogP contribution in [0.25, 0.3) is 0 Å². The minimum Gasteiger partial charge on any atom is -0.379 e. The molecule has 0 aliphatic heterocycles. The van der Waals surface area contributed by atoms with Crippen molar-refractivity contribution < 1.29 is 32.5 Å². The number of hydrogen-bond donors (Lipinski definition) is 1. The van der Waals surface area contributed by atoms with Gasteiger partial charge in [0.1, 0.15) is 19.3 Å². The van der Waals surface area contributed by atoms with Gasteiger partial charge in [-0.05, 0) is 77.0 Å². The van der Waals surface area contributed by atoms with E-state index in [1.807, 2.05) is 21.1 Å². The minimum atomic E-state index is -4.15. The summed E-state index contributed by atoms with van der Waals surface area (Å²) in [7, 11) is 1.87. The summed E-state index contributed by atoms with van der Waals surface area (Å²) in [6, 6.07) is 0. The fraction of sp³-hybridized carbons (Fsp3) is 0.727. The SMILES string of the molecule is CC/C=C\C/C=C\C/C=C\CCCCCCCCOC[C@H](COP(=O)(O)OCC[N+](C)(C)C)OCCCCCCCC/C=C\C/C=C\C/C=C\CC. The Morgan fingerprint density at radius 2 is 0.942 bits per heavy atom. The summed E-state index contributed by atoms with van der Waals surface area (Å²) in [5, 5.41) is 0. The molecule has 0 aliphatic rings. The molecule has 302 valence electrons. The Kier molecular flexibility index (Phi) is 36.6. The van der Waals surface area contributed by atoms with Crippen LogP contribution in [-0.4, -0.2) is 76.2 Å². The highest BCUT2D eigenvalue weighted by atomic mass is 31.2. The Morgan fingerprint density at radius 1 is 0.519 bits per heavy atom. The summed E-state index contributed by atoms with van der Waals surface area (Å²) < 4.78 is 35.7. The molecule has 1 unspecified atom stereocenters. The quantitative estimate of drug-likeness (QED) is 0.0293. The molecule has 0 heterocycles. The van der Waals surface area contributed by atoms with Crippen LogP contribution in [0.15, 0.2) is 72.9 Å². The lowest BCUT2D eigenvalue weighted by atomic mass is 10.1. The minimum absolute atomic E-state index is 0.0294. The number of phosphoric ester groups is 1. The molecule has 0 fully saturated rings. The monoisotopic (exact) mass is 751 g/mol. The molecule has 0 saturated heterocycles. The van der Waals surface area contributed by atoms with Gasteiger partial charge in [-0.15, -0.1) is 0 Å². The molecular weight excluding hydrogens is 669 g/mol. The second-order valence-corrected chi connectivity index (χ2v) is 16.0. The molecule has 0 bridgehead atoms. The van der Waals surface area contributed by atoms with Crippen LogP contribution in [-0.2, 0) is 23.1 Å². The Labute approximate surface area is 321 Å². The molecule has 0 rings (SSSR count). The Hall–Kier alpha value is -1.57. The van der Waals surface area contributed by atoms with E-state index >= 15 is 0 Å². The molecule has 0 radical (unpaired) electrons. The molecule has 1 N–H and O–H groups in total. The number of likely N-dealkylation sites (N-methyl/N-ethyl adjacent to an activating group) is 1. The van der Waals surface area contributed by atoms with Gasteiger partial charge < -0.3 is 18.9 Å². The number of phosphoric acid groups is 1. The Morgan fingerprint density at radius 3 is 1.42 bits per heavy atom. The summed E-state index contributed by atoms with van der Waals surface area (Å²) >= 11 is 0. The average molecular weight is 751 g/mol. The summed E-state index contributed by atoms with van der Waals surface area (Å²) in [5.74, 6) is 0. The largest absolute Gasteiger partial charge is 0.472 e. The van der Waals surface area contributed by atoms with Gasteiger partial charge in [-0.2, -0.15) is 0 Å². The van der Waals surface area contributed by atoms with Gasteiger partial charge >= 0.3 is 7.82 Å².